The average Bonchev–Trinajstić information content (AvgIpc) is 2.73. The molecule has 0 unspecified atom stereocenters. The maximum atomic E-state index is 13.4. The first kappa shape index (κ1) is 12.8. The summed E-state index contributed by atoms with van der Waals surface area (Å²) in [6.07, 6.45) is 0. The van der Waals surface area contributed by atoms with Gasteiger partial charge < -0.3 is 11.1 Å². The van der Waals surface area contributed by atoms with Crippen LogP contribution in [0.4, 0.5) is 20.2 Å². The minimum atomic E-state index is -0.891. The fourth-order valence-corrected chi connectivity index (χ4v) is 2.22. The molecule has 2 rings (SSSR count). The van der Waals surface area contributed by atoms with Crippen LogP contribution in [-0.4, -0.2) is 5.91 Å². The molecule has 3 N–H and O–H groups in total. The van der Waals surface area contributed by atoms with Gasteiger partial charge in [0.15, 0.2) is 0 Å². The lowest BCUT2D eigenvalue weighted by atomic mass is 10.2. The second-order valence-corrected chi connectivity index (χ2v) is 5.13. The Morgan fingerprint density at radius 1 is 1.28 bits per heavy atom. The van der Waals surface area contributed by atoms with Gasteiger partial charge in [-0.05, 0) is 18.2 Å². The van der Waals surface area contributed by atoms with Crippen molar-refractivity contribution in [2.24, 2.45) is 0 Å². The standard InChI is InChI=1S/C11H7ClF2N2OS/c12-10-2-1-9(18-10)11(17)16-8-4-7(15)5(13)3-6(8)14/h1-4H,15H2,(H,16,17). The van der Waals surface area contributed by atoms with E-state index in [2.05, 4.69) is 5.32 Å². The van der Waals surface area contributed by atoms with Crippen LogP contribution >= 0.6 is 22.9 Å². The predicted molar refractivity (Wildman–Crippen MR) is 68.1 cm³/mol. The average molecular weight is 289 g/mol. The van der Waals surface area contributed by atoms with Crippen molar-refractivity contribution in [3.8, 4) is 0 Å². The predicted octanol–water partition coefficient (Wildman–Crippen LogP) is 3.51. The van der Waals surface area contributed by atoms with E-state index in [1.54, 1.807) is 6.07 Å². The summed E-state index contributed by atoms with van der Waals surface area (Å²) in [4.78, 5) is 12.0. The lowest BCUT2D eigenvalue weighted by molar-refractivity contribution is 0.103. The van der Waals surface area contributed by atoms with E-state index in [0.29, 0.717) is 15.3 Å². The zero-order valence-corrected chi connectivity index (χ0v) is 10.4. The number of anilines is 2. The summed E-state index contributed by atoms with van der Waals surface area (Å²) in [5, 5.41) is 2.30. The number of halogens is 3. The number of hydrogen-bond donors (Lipinski definition) is 2. The quantitative estimate of drug-likeness (QED) is 0.831. The largest absolute Gasteiger partial charge is 0.396 e. The highest BCUT2D eigenvalue weighted by molar-refractivity contribution is 7.18. The van der Waals surface area contributed by atoms with Gasteiger partial charge in [0.1, 0.15) is 11.6 Å². The van der Waals surface area contributed by atoms with Crippen molar-refractivity contribution in [3.05, 3.63) is 45.1 Å². The Morgan fingerprint density at radius 2 is 2.00 bits per heavy atom. The molecule has 94 valence electrons. The van der Waals surface area contributed by atoms with Crippen LogP contribution in [0.25, 0.3) is 0 Å². The number of carbonyl (C=O) groups excluding carboxylic acids is 1. The normalized spacial score (nSPS) is 10.4. The summed E-state index contributed by atoms with van der Waals surface area (Å²) in [6, 6.07) is 4.70. The van der Waals surface area contributed by atoms with Crippen LogP contribution in [0, 0.1) is 11.6 Å². The molecule has 0 bridgehead atoms. The molecule has 0 atom stereocenters. The number of nitrogen functional groups attached to an aromatic ring is 1. The molecule has 7 heteroatoms. The van der Waals surface area contributed by atoms with Crippen LogP contribution in [-0.2, 0) is 0 Å². The Bertz CT molecular complexity index is 615. The summed E-state index contributed by atoms with van der Waals surface area (Å²) >= 11 is 6.73. The van der Waals surface area contributed by atoms with Crippen LogP contribution in [0.5, 0.6) is 0 Å². The van der Waals surface area contributed by atoms with Crippen LogP contribution in [0.15, 0.2) is 24.3 Å². The van der Waals surface area contributed by atoms with E-state index in [-0.39, 0.29) is 11.4 Å². The molecule has 0 aliphatic rings. The Labute approximate surface area is 110 Å². The van der Waals surface area contributed by atoms with Crippen molar-refractivity contribution in [1.82, 2.24) is 0 Å². The molecule has 0 spiro atoms. The zero-order valence-electron chi connectivity index (χ0n) is 8.84. The number of carbonyl (C=O) groups is 1. The lowest BCUT2D eigenvalue weighted by Crippen LogP contribution is -2.12. The molecule has 0 radical (unpaired) electrons. The van der Waals surface area contributed by atoms with Crippen molar-refractivity contribution in [3.63, 3.8) is 0 Å². The van der Waals surface area contributed by atoms with Crippen molar-refractivity contribution in [1.29, 1.82) is 0 Å². The van der Waals surface area contributed by atoms with Crippen molar-refractivity contribution in [2.75, 3.05) is 11.1 Å². The van der Waals surface area contributed by atoms with E-state index in [0.717, 1.165) is 17.4 Å². The van der Waals surface area contributed by atoms with Gasteiger partial charge in [-0.25, -0.2) is 8.78 Å². The van der Waals surface area contributed by atoms with Gasteiger partial charge in [0, 0.05) is 6.07 Å². The van der Waals surface area contributed by atoms with Gasteiger partial charge in [-0.3, -0.25) is 4.79 Å². The highest BCUT2D eigenvalue weighted by Gasteiger charge is 2.13. The number of hydrogen-bond acceptors (Lipinski definition) is 3. The molecule has 0 aliphatic heterocycles. The molecule has 2 aromatic rings. The maximum Gasteiger partial charge on any atom is 0.265 e. The van der Waals surface area contributed by atoms with Crippen LogP contribution < -0.4 is 11.1 Å². The van der Waals surface area contributed by atoms with E-state index in [4.69, 9.17) is 17.3 Å². The summed E-state index contributed by atoms with van der Waals surface area (Å²) in [5.74, 6) is -2.29. The molecule has 1 amide bonds. The molecular weight excluding hydrogens is 282 g/mol. The molecule has 1 heterocycles. The third-order valence-corrected chi connectivity index (χ3v) is 3.36. The second kappa shape index (κ2) is 4.91. The van der Waals surface area contributed by atoms with Gasteiger partial charge in [-0.2, -0.15) is 0 Å². The van der Waals surface area contributed by atoms with Gasteiger partial charge in [0.2, 0.25) is 0 Å². The molecule has 0 aliphatic carbocycles. The smallest absolute Gasteiger partial charge is 0.265 e. The minimum absolute atomic E-state index is 0.177. The molecule has 0 fully saturated rings. The Morgan fingerprint density at radius 3 is 2.61 bits per heavy atom. The number of amides is 1. The van der Waals surface area contributed by atoms with Gasteiger partial charge in [-0.15, -0.1) is 11.3 Å². The van der Waals surface area contributed by atoms with Crippen molar-refractivity contribution in [2.45, 2.75) is 0 Å². The Balaban J connectivity index is 2.24. The second-order valence-electron chi connectivity index (χ2n) is 3.41. The molecule has 1 aromatic heterocycles. The van der Waals surface area contributed by atoms with Crippen molar-refractivity contribution >= 4 is 40.2 Å². The van der Waals surface area contributed by atoms with E-state index < -0.39 is 17.5 Å². The fraction of sp³-hybridized carbons (Fsp3) is 0. The third-order valence-electron chi connectivity index (χ3n) is 2.13. The first-order valence-electron chi connectivity index (χ1n) is 4.78. The molecule has 0 saturated heterocycles. The van der Waals surface area contributed by atoms with Crippen LogP contribution in [0.1, 0.15) is 9.67 Å². The highest BCUT2D eigenvalue weighted by Crippen LogP contribution is 2.25. The summed E-state index contributed by atoms with van der Waals surface area (Å²) in [5.41, 5.74) is 4.88. The van der Waals surface area contributed by atoms with Gasteiger partial charge in [0.05, 0.1) is 20.6 Å². The minimum Gasteiger partial charge on any atom is -0.396 e. The molecule has 0 saturated carbocycles. The lowest BCUT2D eigenvalue weighted by Gasteiger charge is -2.06. The Kier molecular flexibility index (Phi) is 3.49. The molecule has 1 aromatic carbocycles. The number of thiophene rings is 1. The molecule has 3 nitrogen and oxygen atoms in total. The van der Waals surface area contributed by atoms with E-state index in [1.807, 2.05) is 0 Å². The SMILES string of the molecule is Nc1cc(NC(=O)c2ccc(Cl)s2)c(F)cc1F. The van der Waals surface area contributed by atoms with Gasteiger partial charge >= 0.3 is 0 Å². The van der Waals surface area contributed by atoms with E-state index in [9.17, 15) is 13.6 Å². The van der Waals surface area contributed by atoms with Gasteiger partial charge in [-0.1, -0.05) is 11.6 Å². The topological polar surface area (TPSA) is 55.1 Å². The highest BCUT2D eigenvalue weighted by atomic mass is 35.5. The number of benzene rings is 1. The first-order chi connectivity index (χ1) is 8.47. The summed E-state index contributed by atoms with van der Waals surface area (Å²) in [6.45, 7) is 0. The summed E-state index contributed by atoms with van der Waals surface area (Å²) < 4.78 is 26.8. The van der Waals surface area contributed by atoms with Crippen LogP contribution in [0.3, 0.4) is 0 Å². The molecular formula is C11H7ClF2N2OS. The maximum absolute atomic E-state index is 13.4. The fourth-order valence-electron chi connectivity index (χ4n) is 1.28. The zero-order chi connectivity index (χ0) is 13.3. The number of nitrogens with two attached hydrogens (primary N) is 1. The van der Waals surface area contributed by atoms with Crippen LogP contribution in [0.2, 0.25) is 4.34 Å². The summed E-state index contributed by atoms with van der Waals surface area (Å²) in [7, 11) is 0. The first-order valence-corrected chi connectivity index (χ1v) is 5.98. The monoisotopic (exact) mass is 288 g/mol. The number of nitrogens with one attached hydrogen (secondary N) is 1. The number of rotatable bonds is 2. The Hall–Kier alpha value is -1.66. The molecule has 18 heavy (non-hydrogen) atoms. The van der Waals surface area contributed by atoms with Gasteiger partial charge in [0.25, 0.3) is 5.91 Å². The van der Waals surface area contributed by atoms with Crippen molar-refractivity contribution < 1.29 is 13.6 Å². The van der Waals surface area contributed by atoms with E-state index >= 15 is 0 Å². The third kappa shape index (κ3) is 2.60. The van der Waals surface area contributed by atoms with E-state index in [1.165, 1.54) is 6.07 Å².